The lowest BCUT2D eigenvalue weighted by molar-refractivity contribution is 0.544. The molecule has 0 saturated heterocycles. The largest absolute Gasteiger partial charge is 0.250 e. The Kier molecular flexibility index (Phi) is 4.98. The van der Waals surface area contributed by atoms with Crippen molar-refractivity contribution in [1.29, 1.82) is 0 Å². The summed E-state index contributed by atoms with van der Waals surface area (Å²) in [6.45, 7) is 2.12. The molecule has 0 spiro atoms. The molecule has 1 heterocycles. The summed E-state index contributed by atoms with van der Waals surface area (Å²) in [6, 6.07) is 8.81. The van der Waals surface area contributed by atoms with E-state index in [-0.39, 0.29) is 5.41 Å². The fourth-order valence-electron chi connectivity index (χ4n) is 1.97. The second kappa shape index (κ2) is 6.31. The molecule has 2 aromatic rings. The predicted molar refractivity (Wildman–Crippen MR) is 86.3 cm³/mol. The number of alkyl halides is 2. The number of rotatable bonds is 5. The number of thiazole rings is 1. The molecule has 96 valence electrons. The topological polar surface area (TPSA) is 12.9 Å². The van der Waals surface area contributed by atoms with E-state index in [0.717, 1.165) is 17.1 Å². The maximum absolute atomic E-state index is 4.42. The molecule has 4 heteroatoms. The van der Waals surface area contributed by atoms with Gasteiger partial charge in [0.2, 0.25) is 0 Å². The lowest BCUT2D eigenvalue weighted by Crippen LogP contribution is -2.33. The highest BCUT2D eigenvalue weighted by Crippen LogP contribution is 2.33. The highest BCUT2D eigenvalue weighted by molar-refractivity contribution is 9.09. The van der Waals surface area contributed by atoms with Gasteiger partial charge in [0.15, 0.2) is 0 Å². The number of halogens is 2. The van der Waals surface area contributed by atoms with Crippen molar-refractivity contribution in [3.8, 4) is 0 Å². The number of aromatic nitrogens is 1. The van der Waals surface area contributed by atoms with E-state index >= 15 is 0 Å². The second-order valence-electron chi connectivity index (χ2n) is 4.57. The Morgan fingerprint density at radius 2 is 1.83 bits per heavy atom. The average Bonchev–Trinajstić information content (AvgIpc) is 2.90. The zero-order chi connectivity index (χ0) is 13.0. The zero-order valence-electron chi connectivity index (χ0n) is 10.2. The first-order valence-corrected chi connectivity index (χ1v) is 8.95. The van der Waals surface area contributed by atoms with Crippen molar-refractivity contribution >= 4 is 43.2 Å². The van der Waals surface area contributed by atoms with E-state index in [0.29, 0.717) is 0 Å². The molecule has 0 amide bonds. The fraction of sp³-hybridized carbons (Fsp3) is 0.357. The van der Waals surface area contributed by atoms with Gasteiger partial charge in [-0.05, 0) is 12.5 Å². The molecule has 0 bridgehead atoms. The van der Waals surface area contributed by atoms with Gasteiger partial charge in [-0.2, -0.15) is 0 Å². The van der Waals surface area contributed by atoms with Gasteiger partial charge >= 0.3 is 0 Å². The number of nitrogens with zero attached hydrogens (tertiary/aromatic N) is 1. The van der Waals surface area contributed by atoms with E-state index in [1.54, 1.807) is 11.3 Å². The first kappa shape index (κ1) is 14.2. The Morgan fingerprint density at radius 1 is 1.17 bits per heavy atom. The minimum absolute atomic E-state index is 0.0712. The van der Waals surface area contributed by atoms with Crippen LogP contribution in [0, 0.1) is 6.92 Å². The monoisotopic (exact) mass is 387 g/mol. The summed E-state index contributed by atoms with van der Waals surface area (Å²) in [5.74, 6) is 0. The highest BCUT2D eigenvalue weighted by atomic mass is 79.9. The van der Waals surface area contributed by atoms with Crippen molar-refractivity contribution in [3.05, 3.63) is 52.0 Å². The maximum Gasteiger partial charge on any atom is 0.0794 e. The molecule has 2 rings (SSSR count). The number of hydrogen-bond acceptors (Lipinski definition) is 2. The molecule has 0 fully saturated rings. The third kappa shape index (κ3) is 3.03. The van der Waals surface area contributed by atoms with Crippen LogP contribution in [0.1, 0.15) is 16.8 Å². The Bertz CT molecular complexity index is 475. The summed E-state index contributed by atoms with van der Waals surface area (Å²) in [7, 11) is 0. The van der Waals surface area contributed by atoms with Gasteiger partial charge in [0.25, 0.3) is 0 Å². The van der Waals surface area contributed by atoms with Crippen LogP contribution >= 0.6 is 43.2 Å². The minimum Gasteiger partial charge on any atom is -0.250 e. The van der Waals surface area contributed by atoms with Crippen molar-refractivity contribution in [2.75, 3.05) is 10.7 Å². The van der Waals surface area contributed by atoms with E-state index < -0.39 is 0 Å². The summed E-state index contributed by atoms with van der Waals surface area (Å²) in [5.41, 5.74) is 5.79. The molecule has 0 saturated carbocycles. The normalized spacial score (nSPS) is 11.7. The Hall–Kier alpha value is -0.190. The van der Waals surface area contributed by atoms with Crippen LogP contribution in [0.2, 0.25) is 0 Å². The molecule has 1 aromatic carbocycles. The van der Waals surface area contributed by atoms with Gasteiger partial charge < -0.3 is 0 Å². The lowest BCUT2D eigenvalue weighted by atomic mass is 9.80. The highest BCUT2D eigenvalue weighted by Gasteiger charge is 2.31. The molecule has 0 aliphatic carbocycles. The van der Waals surface area contributed by atoms with Gasteiger partial charge in [0.05, 0.1) is 11.2 Å². The quantitative estimate of drug-likeness (QED) is 0.675. The average molecular weight is 389 g/mol. The zero-order valence-corrected chi connectivity index (χ0v) is 14.2. The molecule has 0 unspecified atom stereocenters. The molecule has 1 aromatic heterocycles. The molecular formula is C14H15Br2NS. The van der Waals surface area contributed by atoms with Gasteiger partial charge in [0.1, 0.15) is 0 Å². The lowest BCUT2D eigenvalue weighted by Gasteiger charge is -2.30. The van der Waals surface area contributed by atoms with E-state index in [9.17, 15) is 0 Å². The van der Waals surface area contributed by atoms with E-state index in [4.69, 9.17) is 0 Å². The number of aryl methyl sites for hydroxylation is 1. The predicted octanol–water partition coefficient (Wildman–Crippen LogP) is 4.72. The van der Waals surface area contributed by atoms with Crippen molar-refractivity contribution in [3.63, 3.8) is 0 Å². The van der Waals surface area contributed by atoms with Crippen LogP contribution in [0.5, 0.6) is 0 Å². The van der Waals surface area contributed by atoms with Crippen LogP contribution in [0.4, 0.5) is 0 Å². The van der Waals surface area contributed by atoms with Crippen LogP contribution in [0.3, 0.4) is 0 Å². The van der Waals surface area contributed by atoms with Crippen molar-refractivity contribution in [2.45, 2.75) is 18.8 Å². The summed E-state index contributed by atoms with van der Waals surface area (Å²) in [4.78, 5) is 4.42. The van der Waals surface area contributed by atoms with E-state index in [1.165, 1.54) is 16.8 Å². The smallest absolute Gasteiger partial charge is 0.0794 e. The van der Waals surface area contributed by atoms with Crippen molar-refractivity contribution in [1.82, 2.24) is 4.98 Å². The minimum atomic E-state index is 0.0712. The van der Waals surface area contributed by atoms with E-state index in [1.807, 2.05) is 5.51 Å². The third-order valence-corrected chi connectivity index (χ3v) is 5.96. The van der Waals surface area contributed by atoms with Gasteiger partial charge in [0, 0.05) is 27.9 Å². The van der Waals surface area contributed by atoms with Crippen molar-refractivity contribution < 1.29 is 0 Å². The van der Waals surface area contributed by atoms with Gasteiger partial charge in [-0.15, -0.1) is 11.3 Å². The van der Waals surface area contributed by atoms with Crippen molar-refractivity contribution in [2.24, 2.45) is 0 Å². The number of hydrogen-bond donors (Lipinski definition) is 0. The van der Waals surface area contributed by atoms with Gasteiger partial charge in [-0.25, -0.2) is 4.98 Å². The number of benzene rings is 1. The van der Waals surface area contributed by atoms with Gasteiger partial charge in [-0.3, -0.25) is 0 Å². The molecule has 0 aliphatic heterocycles. The molecule has 0 aliphatic rings. The van der Waals surface area contributed by atoms with Crippen LogP contribution in [0.15, 0.2) is 35.2 Å². The van der Waals surface area contributed by atoms with Crippen LogP contribution in [-0.4, -0.2) is 15.6 Å². The first-order valence-electron chi connectivity index (χ1n) is 5.76. The van der Waals surface area contributed by atoms with Gasteiger partial charge in [-0.1, -0.05) is 61.7 Å². The summed E-state index contributed by atoms with van der Waals surface area (Å²) < 4.78 is 0. The molecule has 0 N–H and O–H groups in total. The van der Waals surface area contributed by atoms with E-state index in [2.05, 4.69) is 73.4 Å². The summed E-state index contributed by atoms with van der Waals surface area (Å²) >= 11 is 9.02. The standard InChI is InChI=1S/C14H15Br2NS/c1-11-2-4-12(5-3-11)14(8-15,9-16)6-13-7-18-10-17-13/h2-5,7,10H,6,8-9H2,1H3. The molecule has 0 radical (unpaired) electrons. The summed E-state index contributed by atoms with van der Waals surface area (Å²) in [6.07, 6.45) is 0.954. The molecule has 1 nitrogen and oxygen atoms in total. The van der Waals surface area contributed by atoms with Crippen LogP contribution in [0.25, 0.3) is 0 Å². The first-order chi connectivity index (χ1) is 8.70. The second-order valence-corrected chi connectivity index (χ2v) is 6.41. The third-order valence-electron chi connectivity index (χ3n) is 3.18. The molecule has 0 atom stereocenters. The SMILES string of the molecule is Cc1ccc(C(CBr)(CBr)Cc2cscn2)cc1. The Morgan fingerprint density at radius 3 is 2.33 bits per heavy atom. The summed E-state index contributed by atoms with van der Waals surface area (Å²) in [5, 5.41) is 3.98. The maximum atomic E-state index is 4.42. The van der Waals surface area contributed by atoms with Crippen LogP contribution in [-0.2, 0) is 11.8 Å². The molecular weight excluding hydrogens is 374 g/mol. The Balaban J connectivity index is 2.33. The fourth-order valence-corrected chi connectivity index (χ4v) is 4.50. The Labute approximate surface area is 129 Å². The van der Waals surface area contributed by atoms with Crippen LogP contribution < -0.4 is 0 Å². The molecule has 18 heavy (non-hydrogen) atoms.